The number of hydrogen-bond donors (Lipinski definition) is 3. The molecule has 1 aliphatic rings. The zero-order valence-electron chi connectivity index (χ0n) is 14.7. The minimum absolute atomic E-state index is 0.187. The quantitative estimate of drug-likeness (QED) is 0.610. The highest BCUT2D eigenvalue weighted by atomic mass is 35.5. The summed E-state index contributed by atoms with van der Waals surface area (Å²) < 4.78 is 0. The smallest absolute Gasteiger partial charge is 0.323 e. The van der Waals surface area contributed by atoms with Gasteiger partial charge in [-0.1, -0.05) is 42.5 Å². The minimum atomic E-state index is -0.418. The van der Waals surface area contributed by atoms with Crippen LogP contribution in [0.1, 0.15) is 42.5 Å². The first-order valence-corrected chi connectivity index (χ1v) is 9.71. The summed E-state index contributed by atoms with van der Waals surface area (Å²) in [5.41, 5.74) is 1.45. The van der Waals surface area contributed by atoms with Crippen LogP contribution in [0.15, 0.2) is 42.5 Å². The van der Waals surface area contributed by atoms with Gasteiger partial charge in [-0.2, -0.15) is 0 Å². The van der Waals surface area contributed by atoms with Crippen molar-refractivity contribution >= 4 is 46.5 Å². The number of benzene rings is 2. The van der Waals surface area contributed by atoms with E-state index < -0.39 is 6.03 Å². The molecule has 142 valence electrons. The van der Waals surface area contributed by atoms with Gasteiger partial charge in [0, 0.05) is 22.4 Å². The van der Waals surface area contributed by atoms with Crippen LogP contribution in [0.25, 0.3) is 0 Å². The highest BCUT2D eigenvalue weighted by Crippen LogP contribution is 2.23. The Kier molecular flexibility index (Phi) is 6.58. The summed E-state index contributed by atoms with van der Waals surface area (Å²) in [6.45, 7) is 0. The second-order valence-electron chi connectivity index (χ2n) is 6.59. The van der Waals surface area contributed by atoms with Gasteiger partial charge < -0.3 is 16.0 Å². The van der Waals surface area contributed by atoms with Gasteiger partial charge in [0.2, 0.25) is 0 Å². The second kappa shape index (κ2) is 9.11. The number of nitrogens with one attached hydrogen (secondary N) is 3. The SMILES string of the molecule is O=C(Nc1ccc(Cl)cc1)Nc1ccc(Cl)c(C(=O)NC2CCCCC2)c1. The van der Waals surface area contributed by atoms with Crippen LogP contribution in [0.4, 0.5) is 16.2 Å². The molecule has 27 heavy (non-hydrogen) atoms. The van der Waals surface area contributed by atoms with Crippen LogP contribution in [0.5, 0.6) is 0 Å². The van der Waals surface area contributed by atoms with Crippen molar-refractivity contribution in [2.75, 3.05) is 10.6 Å². The number of rotatable bonds is 4. The van der Waals surface area contributed by atoms with Crippen molar-refractivity contribution in [3.63, 3.8) is 0 Å². The predicted molar refractivity (Wildman–Crippen MR) is 110 cm³/mol. The number of carbonyl (C=O) groups excluding carboxylic acids is 2. The summed E-state index contributed by atoms with van der Waals surface area (Å²) in [6, 6.07) is 11.4. The van der Waals surface area contributed by atoms with Gasteiger partial charge in [0.15, 0.2) is 0 Å². The normalized spacial score (nSPS) is 14.4. The van der Waals surface area contributed by atoms with Gasteiger partial charge >= 0.3 is 6.03 Å². The third kappa shape index (κ3) is 5.62. The summed E-state index contributed by atoms with van der Waals surface area (Å²) >= 11 is 12.0. The molecular weight excluding hydrogens is 385 g/mol. The first-order chi connectivity index (χ1) is 13.0. The Labute approximate surface area is 168 Å². The molecule has 0 saturated heterocycles. The Morgan fingerprint density at radius 3 is 2.19 bits per heavy atom. The van der Waals surface area contributed by atoms with E-state index in [1.165, 1.54) is 6.42 Å². The fourth-order valence-corrected chi connectivity index (χ4v) is 3.44. The molecule has 5 nitrogen and oxygen atoms in total. The van der Waals surface area contributed by atoms with E-state index >= 15 is 0 Å². The molecule has 3 amide bonds. The summed E-state index contributed by atoms with van der Waals surface area (Å²) in [4.78, 5) is 24.7. The molecule has 0 aliphatic heterocycles. The summed E-state index contributed by atoms with van der Waals surface area (Å²) in [7, 11) is 0. The van der Waals surface area contributed by atoms with Crippen LogP contribution in [0, 0.1) is 0 Å². The molecule has 0 radical (unpaired) electrons. The summed E-state index contributed by atoms with van der Waals surface area (Å²) in [5.74, 6) is -0.214. The van der Waals surface area contributed by atoms with Crippen molar-refractivity contribution in [1.29, 1.82) is 0 Å². The monoisotopic (exact) mass is 405 g/mol. The topological polar surface area (TPSA) is 70.2 Å². The molecule has 2 aromatic rings. The second-order valence-corrected chi connectivity index (χ2v) is 7.43. The van der Waals surface area contributed by atoms with E-state index in [0.717, 1.165) is 25.7 Å². The molecule has 0 bridgehead atoms. The van der Waals surface area contributed by atoms with Gasteiger partial charge in [0.25, 0.3) is 5.91 Å². The van der Waals surface area contributed by atoms with E-state index in [1.54, 1.807) is 42.5 Å². The summed E-state index contributed by atoms with van der Waals surface area (Å²) in [6.07, 6.45) is 5.46. The van der Waals surface area contributed by atoms with Crippen LogP contribution < -0.4 is 16.0 Å². The predicted octanol–water partition coefficient (Wildman–Crippen LogP) is 5.70. The number of amides is 3. The zero-order valence-corrected chi connectivity index (χ0v) is 16.2. The standard InChI is InChI=1S/C20H21Cl2N3O2/c21-13-6-8-15(9-7-13)24-20(27)25-16-10-11-18(22)17(12-16)19(26)23-14-4-2-1-3-5-14/h6-12,14H,1-5H2,(H,23,26)(H2,24,25,27). The molecule has 0 aromatic heterocycles. The van der Waals surface area contributed by atoms with Crippen molar-refractivity contribution in [2.45, 2.75) is 38.1 Å². The lowest BCUT2D eigenvalue weighted by atomic mass is 9.95. The van der Waals surface area contributed by atoms with Gasteiger partial charge in [-0.05, 0) is 55.3 Å². The van der Waals surface area contributed by atoms with Crippen LogP contribution in [-0.2, 0) is 0 Å². The number of hydrogen-bond acceptors (Lipinski definition) is 2. The van der Waals surface area contributed by atoms with E-state index in [-0.39, 0.29) is 11.9 Å². The van der Waals surface area contributed by atoms with Crippen LogP contribution >= 0.6 is 23.2 Å². The minimum Gasteiger partial charge on any atom is -0.349 e. The Morgan fingerprint density at radius 2 is 1.48 bits per heavy atom. The van der Waals surface area contributed by atoms with E-state index in [0.29, 0.717) is 27.0 Å². The highest BCUT2D eigenvalue weighted by molar-refractivity contribution is 6.34. The maximum Gasteiger partial charge on any atom is 0.323 e. The average Bonchev–Trinajstić information content (AvgIpc) is 2.66. The van der Waals surface area contributed by atoms with E-state index in [4.69, 9.17) is 23.2 Å². The van der Waals surface area contributed by atoms with Crippen molar-refractivity contribution in [3.8, 4) is 0 Å². The Balaban J connectivity index is 1.64. The van der Waals surface area contributed by atoms with Gasteiger partial charge in [-0.15, -0.1) is 0 Å². The molecule has 7 heteroatoms. The average molecular weight is 406 g/mol. The maximum absolute atomic E-state index is 12.6. The maximum atomic E-state index is 12.6. The highest BCUT2D eigenvalue weighted by Gasteiger charge is 2.19. The van der Waals surface area contributed by atoms with Crippen LogP contribution in [0.3, 0.4) is 0 Å². The number of halogens is 2. The molecule has 0 atom stereocenters. The van der Waals surface area contributed by atoms with Crippen molar-refractivity contribution in [1.82, 2.24) is 5.32 Å². The van der Waals surface area contributed by atoms with E-state index in [1.807, 2.05) is 0 Å². The van der Waals surface area contributed by atoms with Crippen LogP contribution in [0.2, 0.25) is 10.0 Å². The Morgan fingerprint density at radius 1 is 0.852 bits per heavy atom. The fraction of sp³-hybridized carbons (Fsp3) is 0.300. The third-order valence-corrected chi connectivity index (χ3v) is 5.09. The molecule has 1 aliphatic carbocycles. The lowest BCUT2D eigenvalue weighted by Crippen LogP contribution is -2.36. The van der Waals surface area contributed by atoms with Gasteiger partial charge in [0.05, 0.1) is 10.6 Å². The van der Waals surface area contributed by atoms with Crippen molar-refractivity contribution < 1.29 is 9.59 Å². The zero-order chi connectivity index (χ0) is 19.2. The molecule has 0 spiro atoms. The van der Waals surface area contributed by atoms with E-state index in [2.05, 4.69) is 16.0 Å². The molecular formula is C20H21Cl2N3O2. The Hall–Kier alpha value is -2.24. The lowest BCUT2D eigenvalue weighted by Gasteiger charge is -2.23. The lowest BCUT2D eigenvalue weighted by molar-refractivity contribution is 0.0928. The third-order valence-electron chi connectivity index (χ3n) is 4.51. The molecule has 2 aromatic carbocycles. The number of carbonyl (C=O) groups is 2. The molecule has 1 fully saturated rings. The fourth-order valence-electron chi connectivity index (χ4n) is 3.11. The molecule has 3 rings (SSSR count). The number of urea groups is 1. The van der Waals surface area contributed by atoms with Gasteiger partial charge in [-0.3, -0.25) is 4.79 Å². The first kappa shape index (κ1) is 19.5. The molecule has 1 saturated carbocycles. The van der Waals surface area contributed by atoms with Gasteiger partial charge in [-0.25, -0.2) is 4.79 Å². The van der Waals surface area contributed by atoms with Crippen LogP contribution in [-0.4, -0.2) is 18.0 Å². The van der Waals surface area contributed by atoms with Crippen molar-refractivity contribution in [3.05, 3.63) is 58.1 Å². The largest absolute Gasteiger partial charge is 0.349 e. The van der Waals surface area contributed by atoms with Gasteiger partial charge in [0.1, 0.15) is 0 Å². The summed E-state index contributed by atoms with van der Waals surface area (Å²) in [5, 5.41) is 9.40. The first-order valence-electron chi connectivity index (χ1n) is 8.95. The van der Waals surface area contributed by atoms with E-state index in [9.17, 15) is 9.59 Å². The number of anilines is 2. The molecule has 0 heterocycles. The molecule has 0 unspecified atom stereocenters. The van der Waals surface area contributed by atoms with Crippen molar-refractivity contribution in [2.24, 2.45) is 0 Å². The Bertz CT molecular complexity index is 818. The molecule has 3 N–H and O–H groups in total.